The minimum absolute atomic E-state index is 0.0475. The molecular formula is C24H32O6. The van der Waals surface area contributed by atoms with Crippen molar-refractivity contribution in [1.29, 1.82) is 0 Å². The van der Waals surface area contributed by atoms with Crippen molar-refractivity contribution in [2.75, 3.05) is 6.61 Å². The molecule has 0 spiro atoms. The Balaban J connectivity index is 1.60. The van der Waals surface area contributed by atoms with Crippen LogP contribution in [0.2, 0.25) is 0 Å². The zero-order valence-corrected chi connectivity index (χ0v) is 17.9. The van der Waals surface area contributed by atoms with Gasteiger partial charge in [-0.3, -0.25) is 9.59 Å². The number of hydrogen-bond acceptors (Lipinski definition) is 6. The second-order valence-electron chi connectivity index (χ2n) is 9.29. The fourth-order valence-electron chi connectivity index (χ4n) is 5.12. The van der Waals surface area contributed by atoms with Crippen LogP contribution in [0.15, 0.2) is 30.4 Å². The number of ketones is 1. The van der Waals surface area contributed by atoms with Crippen LogP contribution in [0.3, 0.4) is 0 Å². The molecule has 0 heterocycles. The molecule has 1 saturated carbocycles. The molecule has 1 fully saturated rings. The number of Topliss-reactive ketones (excluding diaryl/α,β-unsaturated/α-hetero) is 1. The predicted molar refractivity (Wildman–Crippen MR) is 112 cm³/mol. The molecule has 3 rings (SSSR count). The third kappa shape index (κ3) is 4.24. The predicted octanol–water partition coefficient (Wildman–Crippen LogP) is 3.52. The van der Waals surface area contributed by atoms with Crippen molar-refractivity contribution in [3.63, 3.8) is 0 Å². The van der Waals surface area contributed by atoms with Gasteiger partial charge in [0, 0.05) is 6.42 Å². The van der Waals surface area contributed by atoms with Gasteiger partial charge in [0.2, 0.25) is 0 Å². The summed E-state index contributed by atoms with van der Waals surface area (Å²) in [7, 11) is 0. The van der Waals surface area contributed by atoms with Crippen LogP contribution < -0.4 is 0 Å². The summed E-state index contributed by atoms with van der Waals surface area (Å²) in [6, 6.07) is 4.14. The number of allylic oxidation sites excluding steroid dienone is 1. The minimum Gasteiger partial charge on any atom is -0.504 e. The number of carbonyl (C=O) groups excluding carboxylic acids is 2. The number of phenols is 2. The van der Waals surface area contributed by atoms with Gasteiger partial charge in [-0.1, -0.05) is 31.6 Å². The first-order valence-electron chi connectivity index (χ1n) is 10.7. The third-order valence-electron chi connectivity index (χ3n) is 7.18. The average Bonchev–Trinajstić information content (AvgIpc) is 2.67. The molecule has 0 aliphatic heterocycles. The molecule has 0 saturated heterocycles. The molecule has 5 unspecified atom stereocenters. The van der Waals surface area contributed by atoms with Gasteiger partial charge in [0.15, 0.2) is 11.5 Å². The molecule has 3 N–H and O–H groups in total. The Morgan fingerprint density at radius 2 is 1.90 bits per heavy atom. The van der Waals surface area contributed by atoms with Crippen molar-refractivity contribution >= 4 is 11.8 Å². The number of phenolic OH excluding ortho intramolecular Hbond substituents is 2. The van der Waals surface area contributed by atoms with Gasteiger partial charge in [0.25, 0.3) is 0 Å². The van der Waals surface area contributed by atoms with E-state index in [9.17, 15) is 24.9 Å². The highest BCUT2D eigenvalue weighted by atomic mass is 16.5. The van der Waals surface area contributed by atoms with Crippen LogP contribution in [0.4, 0.5) is 0 Å². The van der Waals surface area contributed by atoms with Gasteiger partial charge in [-0.2, -0.15) is 0 Å². The molecule has 0 radical (unpaired) electrons. The number of aliphatic hydroxyl groups is 1. The number of benzene rings is 1. The summed E-state index contributed by atoms with van der Waals surface area (Å²) >= 11 is 0. The Morgan fingerprint density at radius 3 is 2.60 bits per heavy atom. The largest absolute Gasteiger partial charge is 0.504 e. The van der Waals surface area contributed by atoms with Gasteiger partial charge >= 0.3 is 5.97 Å². The molecule has 2 aliphatic rings. The molecule has 2 aliphatic carbocycles. The second-order valence-corrected chi connectivity index (χ2v) is 9.29. The minimum atomic E-state index is -1.24. The number of rotatable bonds is 6. The Labute approximate surface area is 177 Å². The molecule has 1 aromatic carbocycles. The van der Waals surface area contributed by atoms with Crippen LogP contribution in [-0.2, 0) is 20.7 Å². The topological polar surface area (TPSA) is 104 Å². The lowest BCUT2D eigenvalue weighted by Gasteiger charge is -2.53. The summed E-state index contributed by atoms with van der Waals surface area (Å²) in [5.41, 5.74) is -1.64. The molecule has 30 heavy (non-hydrogen) atoms. The van der Waals surface area contributed by atoms with Crippen LogP contribution >= 0.6 is 0 Å². The summed E-state index contributed by atoms with van der Waals surface area (Å²) in [6.45, 7) is 5.72. The smallest absolute Gasteiger partial charge is 0.310 e. The lowest BCUT2D eigenvalue weighted by Crippen LogP contribution is -2.57. The van der Waals surface area contributed by atoms with Crippen LogP contribution in [0.5, 0.6) is 11.5 Å². The number of hydrogen-bond donors (Lipinski definition) is 3. The molecular weight excluding hydrogens is 384 g/mol. The Morgan fingerprint density at radius 1 is 1.17 bits per heavy atom. The van der Waals surface area contributed by atoms with Gasteiger partial charge in [0.1, 0.15) is 5.78 Å². The summed E-state index contributed by atoms with van der Waals surface area (Å²) in [6.07, 6.45) is 6.79. The SMILES string of the molecule is CC1CCC2C(C=CC(C)(O)C2(C)C(=O)CCOC(=O)Cc2ccc(O)c(O)c2)C1. The summed E-state index contributed by atoms with van der Waals surface area (Å²) < 4.78 is 5.24. The first-order valence-corrected chi connectivity index (χ1v) is 10.7. The first-order chi connectivity index (χ1) is 14.0. The van der Waals surface area contributed by atoms with E-state index in [0.29, 0.717) is 11.5 Å². The van der Waals surface area contributed by atoms with Crippen molar-refractivity contribution in [2.24, 2.45) is 23.2 Å². The molecule has 5 atom stereocenters. The van der Waals surface area contributed by atoms with Gasteiger partial charge < -0.3 is 20.1 Å². The van der Waals surface area contributed by atoms with E-state index >= 15 is 0 Å². The molecule has 0 bridgehead atoms. The summed E-state index contributed by atoms with van der Waals surface area (Å²) in [4.78, 5) is 25.3. The zero-order valence-electron chi connectivity index (χ0n) is 17.9. The molecule has 6 heteroatoms. The van der Waals surface area contributed by atoms with Gasteiger partial charge in [-0.25, -0.2) is 0 Å². The van der Waals surface area contributed by atoms with Crippen molar-refractivity contribution in [3.05, 3.63) is 35.9 Å². The Kier molecular flexibility index (Phi) is 6.27. The second kappa shape index (κ2) is 8.42. The molecule has 164 valence electrons. The highest BCUT2D eigenvalue weighted by Crippen LogP contribution is 2.54. The van der Waals surface area contributed by atoms with Crippen LogP contribution in [0.1, 0.15) is 52.0 Å². The molecule has 0 aromatic heterocycles. The monoisotopic (exact) mass is 416 g/mol. The van der Waals surface area contributed by atoms with E-state index in [-0.39, 0.29) is 48.6 Å². The van der Waals surface area contributed by atoms with Crippen LogP contribution in [0.25, 0.3) is 0 Å². The van der Waals surface area contributed by atoms with E-state index in [1.807, 2.05) is 6.92 Å². The van der Waals surface area contributed by atoms with E-state index < -0.39 is 17.0 Å². The van der Waals surface area contributed by atoms with Gasteiger partial charge in [-0.15, -0.1) is 0 Å². The van der Waals surface area contributed by atoms with E-state index in [2.05, 4.69) is 13.0 Å². The Bertz CT molecular complexity index is 842. The van der Waals surface area contributed by atoms with Crippen molar-refractivity contribution in [1.82, 2.24) is 0 Å². The first kappa shape index (κ1) is 22.3. The lowest BCUT2D eigenvalue weighted by atomic mass is 9.52. The normalized spacial score (nSPS) is 33.0. The van der Waals surface area contributed by atoms with Gasteiger partial charge in [0.05, 0.1) is 24.0 Å². The maximum absolute atomic E-state index is 13.2. The number of esters is 1. The van der Waals surface area contributed by atoms with Crippen LogP contribution in [0, 0.1) is 23.2 Å². The molecule has 1 aromatic rings. The maximum Gasteiger partial charge on any atom is 0.310 e. The quantitative estimate of drug-likeness (QED) is 0.372. The number of aromatic hydroxyl groups is 2. The zero-order chi connectivity index (χ0) is 22.1. The number of carbonyl (C=O) groups is 2. The van der Waals surface area contributed by atoms with E-state index in [1.54, 1.807) is 13.0 Å². The average molecular weight is 417 g/mol. The van der Waals surface area contributed by atoms with Crippen LogP contribution in [-0.4, -0.2) is 39.3 Å². The summed E-state index contributed by atoms with van der Waals surface area (Å²) in [5, 5.41) is 29.9. The third-order valence-corrected chi connectivity index (χ3v) is 7.18. The maximum atomic E-state index is 13.2. The van der Waals surface area contributed by atoms with E-state index in [4.69, 9.17) is 4.74 Å². The van der Waals surface area contributed by atoms with E-state index in [1.165, 1.54) is 18.2 Å². The molecule has 0 amide bonds. The van der Waals surface area contributed by atoms with Crippen molar-refractivity contribution in [2.45, 2.75) is 58.5 Å². The van der Waals surface area contributed by atoms with E-state index in [0.717, 1.165) is 19.3 Å². The summed E-state index contributed by atoms with van der Waals surface area (Å²) in [5.74, 6) is -0.181. The fraction of sp³-hybridized carbons (Fsp3) is 0.583. The lowest BCUT2D eigenvalue weighted by molar-refractivity contribution is -0.155. The standard InChI is InChI=1S/C24H32O6/c1-15-4-6-18-17(12-15)8-10-23(2,29)24(18,3)21(27)9-11-30-22(28)14-16-5-7-19(25)20(26)13-16/h5,7-8,10,13,15,17-18,25-26,29H,4,6,9,11-12,14H2,1-3H3. The Hall–Kier alpha value is -2.34. The number of ether oxygens (including phenoxy) is 1. The highest BCUT2D eigenvalue weighted by molar-refractivity contribution is 5.87. The van der Waals surface area contributed by atoms with Crippen molar-refractivity contribution in [3.8, 4) is 11.5 Å². The van der Waals surface area contributed by atoms with Crippen molar-refractivity contribution < 1.29 is 29.6 Å². The van der Waals surface area contributed by atoms with Gasteiger partial charge in [-0.05, 0) is 62.1 Å². The molecule has 6 nitrogen and oxygen atoms in total. The number of fused-ring (bicyclic) bond motifs is 1. The highest BCUT2D eigenvalue weighted by Gasteiger charge is 2.56. The fourth-order valence-corrected chi connectivity index (χ4v) is 5.12.